The van der Waals surface area contributed by atoms with Crippen LogP contribution in [0.3, 0.4) is 0 Å². The van der Waals surface area contributed by atoms with Gasteiger partial charge >= 0.3 is 0 Å². The van der Waals surface area contributed by atoms with Crippen LogP contribution in [0.4, 0.5) is 5.69 Å². The molecule has 1 aromatic carbocycles. The molecule has 0 spiro atoms. The first kappa shape index (κ1) is 12.8. The molecule has 0 aromatic heterocycles. The number of hydrogen-bond acceptors (Lipinski definition) is 2. The molecule has 0 N–H and O–H groups in total. The van der Waals surface area contributed by atoms with E-state index in [0.717, 1.165) is 12.0 Å². The van der Waals surface area contributed by atoms with E-state index in [1.165, 1.54) is 25.0 Å². The van der Waals surface area contributed by atoms with E-state index in [4.69, 9.17) is 11.6 Å². The molecule has 0 amide bonds. The van der Waals surface area contributed by atoms with Crippen molar-refractivity contribution in [2.75, 3.05) is 0 Å². The predicted molar refractivity (Wildman–Crippen MR) is 71.9 cm³/mol. The van der Waals surface area contributed by atoms with Crippen molar-refractivity contribution in [1.29, 1.82) is 0 Å². The smallest absolute Gasteiger partial charge is 0.258 e. The Morgan fingerprint density at radius 1 is 1.59 bits per heavy atom. The zero-order valence-electron chi connectivity index (χ0n) is 9.45. The van der Waals surface area contributed by atoms with E-state index in [-0.39, 0.29) is 5.69 Å². The number of halogens is 2. The van der Waals surface area contributed by atoms with Gasteiger partial charge in [-0.3, -0.25) is 10.1 Å². The standard InChI is InChI=1S/C12H13BrClNO2/c1-8(13)12(4-5-12)7-9-2-3-10(15(16)17)6-11(9)14/h2-3,6,8H,4-5,7H2,1H3. The summed E-state index contributed by atoms with van der Waals surface area (Å²) in [7, 11) is 0. The van der Waals surface area contributed by atoms with Crippen molar-refractivity contribution in [3.63, 3.8) is 0 Å². The molecule has 0 saturated heterocycles. The third-order valence-electron chi connectivity index (χ3n) is 3.53. The van der Waals surface area contributed by atoms with E-state index in [1.807, 2.05) is 0 Å². The van der Waals surface area contributed by atoms with Gasteiger partial charge in [0.2, 0.25) is 0 Å². The Labute approximate surface area is 113 Å². The highest BCUT2D eigenvalue weighted by molar-refractivity contribution is 9.09. The minimum atomic E-state index is -0.421. The van der Waals surface area contributed by atoms with Gasteiger partial charge in [0.15, 0.2) is 0 Å². The molecule has 0 bridgehead atoms. The predicted octanol–water partition coefficient (Wildman–Crippen LogP) is 4.35. The first-order chi connectivity index (χ1) is 7.94. The van der Waals surface area contributed by atoms with E-state index in [9.17, 15) is 10.1 Å². The van der Waals surface area contributed by atoms with Crippen molar-refractivity contribution >= 4 is 33.2 Å². The van der Waals surface area contributed by atoms with Crippen LogP contribution in [0.1, 0.15) is 25.3 Å². The maximum atomic E-state index is 10.6. The Morgan fingerprint density at radius 3 is 2.65 bits per heavy atom. The van der Waals surface area contributed by atoms with Crippen LogP contribution in [0.25, 0.3) is 0 Å². The average Bonchev–Trinajstić information content (AvgIpc) is 3.02. The molecule has 3 nitrogen and oxygen atoms in total. The number of rotatable bonds is 4. The van der Waals surface area contributed by atoms with Crippen molar-refractivity contribution in [2.45, 2.75) is 31.0 Å². The van der Waals surface area contributed by atoms with Gasteiger partial charge in [0.1, 0.15) is 0 Å². The number of benzene rings is 1. The van der Waals surface area contributed by atoms with Crippen LogP contribution < -0.4 is 0 Å². The number of non-ortho nitro benzene ring substituents is 1. The summed E-state index contributed by atoms with van der Waals surface area (Å²) in [5.41, 5.74) is 1.34. The van der Waals surface area contributed by atoms with Crippen molar-refractivity contribution < 1.29 is 4.92 Å². The van der Waals surface area contributed by atoms with Crippen molar-refractivity contribution in [1.82, 2.24) is 0 Å². The van der Waals surface area contributed by atoms with Crippen molar-refractivity contribution in [3.05, 3.63) is 38.9 Å². The van der Waals surface area contributed by atoms with Gasteiger partial charge in [-0.2, -0.15) is 0 Å². The highest BCUT2D eigenvalue weighted by atomic mass is 79.9. The Bertz CT molecular complexity index is 458. The molecule has 5 heteroatoms. The molecule has 92 valence electrons. The number of nitro benzene ring substituents is 1. The molecule has 1 aliphatic rings. The number of alkyl halides is 1. The Kier molecular flexibility index (Phi) is 3.46. The van der Waals surface area contributed by atoms with Gasteiger partial charge in [0.05, 0.1) is 9.95 Å². The largest absolute Gasteiger partial charge is 0.270 e. The lowest BCUT2D eigenvalue weighted by Gasteiger charge is -2.18. The Balaban J connectivity index is 2.20. The van der Waals surface area contributed by atoms with Crippen LogP contribution >= 0.6 is 27.5 Å². The lowest BCUT2D eigenvalue weighted by molar-refractivity contribution is -0.384. The Hall–Kier alpha value is -0.610. The Morgan fingerprint density at radius 2 is 2.24 bits per heavy atom. The van der Waals surface area contributed by atoms with Crippen molar-refractivity contribution in [3.8, 4) is 0 Å². The van der Waals surface area contributed by atoms with E-state index < -0.39 is 4.92 Å². The summed E-state index contributed by atoms with van der Waals surface area (Å²) in [4.78, 5) is 10.6. The van der Waals surface area contributed by atoms with E-state index in [0.29, 0.717) is 15.3 Å². The first-order valence-electron chi connectivity index (χ1n) is 5.51. The molecule has 17 heavy (non-hydrogen) atoms. The maximum Gasteiger partial charge on any atom is 0.270 e. The number of nitrogens with zero attached hydrogens (tertiary/aromatic N) is 1. The lowest BCUT2D eigenvalue weighted by Crippen LogP contribution is -2.15. The summed E-state index contributed by atoms with van der Waals surface area (Å²) in [6, 6.07) is 4.73. The number of nitro groups is 1. The van der Waals surface area contributed by atoms with Crippen molar-refractivity contribution in [2.24, 2.45) is 5.41 Å². The maximum absolute atomic E-state index is 10.6. The van der Waals surface area contributed by atoms with Gasteiger partial charge in [-0.25, -0.2) is 0 Å². The molecule has 1 fully saturated rings. The van der Waals surface area contributed by atoms with Crippen LogP contribution in [0.5, 0.6) is 0 Å². The van der Waals surface area contributed by atoms with Gasteiger partial charge in [-0.15, -0.1) is 0 Å². The summed E-state index contributed by atoms with van der Waals surface area (Å²) < 4.78 is 0. The zero-order chi connectivity index (χ0) is 12.6. The fourth-order valence-electron chi connectivity index (χ4n) is 2.05. The SMILES string of the molecule is CC(Br)C1(Cc2ccc([N+](=O)[O-])cc2Cl)CC1. The zero-order valence-corrected chi connectivity index (χ0v) is 11.8. The van der Waals surface area contributed by atoms with Gasteiger partial charge in [0.25, 0.3) is 5.69 Å². The molecule has 1 unspecified atom stereocenters. The molecule has 1 atom stereocenters. The summed E-state index contributed by atoms with van der Waals surface area (Å²) in [6.45, 7) is 2.15. The second-order valence-electron chi connectivity index (χ2n) is 4.69. The second kappa shape index (κ2) is 4.58. The molecular formula is C12H13BrClNO2. The topological polar surface area (TPSA) is 43.1 Å². The molecule has 1 aromatic rings. The monoisotopic (exact) mass is 317 g/mol. The molecule has 0 radical (unpaired) electrons. The van der Waals surface area contributed by atoms with Crippen LogP contribution in [0, 0.1) is 15.5 Å². The van der Waals surface area contributed by atoms with Crippen LogP contribution in [0.15, 0.2) is 18.2 Å². The average molecular weight is 319 g/mol. The lowest BCUT2D eigenvalue weighted by atomic mass is 9.94. The molecule has 0 heterocycles. The van der Waals surface area contributed by atoms with Crippen LogP contribution in [0.2, 0.25) is 5.02 Å². The molecule has 2 rings (SSSR count). The first-order valence-corrected chi connectivity index (χ1v) is 6.81. The van der Waals surface area contributed by atoms with Crippen LogP contribution in [-0.2, 0) is 6.42 Å². The summed E-state index contributed by atoms with van der Waals surface area (Å²) in [5.74, 6) is 0. The fourth-order valence-corrected chi connectivity index (χ4v) is 2.91. The molecule has 1 aliphatic carbocycles. The minimum absolute atomic E-state index is 0.0514. The highest BCUT2D eigenvalue weighted by Gasteiger charge is 2.46. The third kappa shape index (κ3) is 2.63. The minimum Gasteiger partial charge on any atom is -0.258 e. The highest BCUT2D eigenvalue weighted by Crippen LogP contribution is 2.54. The second-order valence-corrected chi connectivity index (χ2v) is 6.47. The van der Waals surface area contributed by atoms with Gasteiger partial charge in [0, 0.05) is 17.0 Å². The normalized spacial score (nSPS) is 18.8. The van der Waals surface area contributed by atoms with Gasteiger partial charge in [-0.05, 0) is 30.2 Å². The quantitative estimate of drug-likeness (QED) is 0.470. The third-order valence-corrected chi connectivity index (χ3v) is 4.85. The summed E-state index contributed by atoms with van der Waals surface area (Å²) in [6.07, 6.45) is 3.26. The van der Waals surface area contributed by atoms with E-state index in [1.54, 1.807) is 6.07 Å². The van der Waals surface area contributed by atoms with Crippen LogP contribution in [-0.4, -0.2) is 9.75 Å². The molecule has 1 saturated carbocycles. The van der Waals surface area contributed by atoms with E-state index >= 15 is 0 Å². The van der Waals surface area contributed by atoms with E-state index in [2.05, 4.69) is 22.9 Å². The summed E-state index contributed by atoms with van der Waals surface area (Å²) in [5, 5.41) is 11.1. The molecular weight excluding hydrogens is 305 g/mol. The van der Waals surface area contributed by atoms with Gasteiger partial charge < -0.3 is 0 Å². The summed E-state index contributed by atoms with van der Waals surface area (Å²) >= 11 is 9.72. The molecule has 0 aliphatic heterocycles. The van der Waals surface area contributed by atoms with Gasteiger partial charge in [-0.1, -0.05) is 40.5 Å². The fraction of sp³-hybridized carbons (Fsp3) is 0.500. The number of hydrogen-bond donors (Lipinski definition) is 0.